The Hall–Kier alpha value is -2.56. The van der Waals surface area contributed by atoms with Crippen molar-refractivity contribution in [3.8, 4) is 11.5 Å². The molecule has 0 aliphatic rings. The molecule has 0 fully saturated rings. The van der Waals surface area contributed by atoms with E-state index in [0.717, 1.165) is 0 Å². The molecule has 0 radical (unpaired) electrons. The average molecular weight is 244 g/mol. The molecule has 0 unspecified atom stereocenters. The van der Waals surface area contributed by atoms with Crippen molar-refractivity contribution in [2.45, 2.75) is 0 Å². The second-order valence-corrected chi connectivity index (χ2v) is 3.77. The van der Waals surface area contributed by atoms with Crippen molar-refractivity contribution >= 4 is 11.6 Å². The van der Waals surface area contributed by atoms with Crippen LogP contribution in [0.1, 0.15) is 10.4 Å². The average Bonchev–Trinajstić information content (AvgIpc) is 2.38. The molecule has 92 valence electrons. The number of carbonyl (C=O) groups excluding carboxylic acids is 1. The molecule has 5 heteroatoms. The molecule has 1 heterocycles. The molecule has 0 spiro atoms. The molecule has 0 atom stereocenters. The van der Waals surface area contributed by atoms with E-state index in [1.165, 1.54) is 35.5 Å². The standard InChI is InChI=1S/C13H12N2O3/c1-15(9-2-4-10(16)5-3-9)13(18)11-6-7-14-8-12(11)17/h2-8,16-17H,1H3. The van der Waals surface area contributed by atoms with Gasteiger partial charge in [0.25, 0.3) is 5.91 Å². The molecule has 1 amide bonds. The Kier molecular flexibility index (Phi) is 3.14. The minimum absolute atomic E-state index is 0.131. The molecule has 5 nitrogen and oxygen atoms in total. The maximum atomic E-state index is 12.1. The predicted molar refractivity (Wildman–Crippen MR) is 66.7 cm³/mol. The molecular weight excluding hydrogens is 232 g/mol. The number of rotatable bonds is 2. The van der Waals surface area contributed by atoms with Crippen molar-refractivity contribution < 1.29 is 15.0 Å². The molecule has 0 bridgehead atoms. The molecule has 0 aliphatic heterocycles. The van der Waals surface area contributed by atoms with Gasteiger partial charge in [0.1, 0.15) is 11.5 Å². The number of aromatic nitrogens is 1. The fourth-order valence-corrected chi connectivity index (χ4v) is 1.54. The van der Waals surface area contributed by atoms with E-state index in [2.05, 4.69) is 4.98 Å². The van der Waals surface area contributed by atoms with E-state index in [9.17, 15) is 15.0 Å². The number of nitrogens with zero attached hydrogens (tertiary/aromatic N) is 2. The van der Waals surface area contributed by atoms with Crippen LogP contribution in [0.25, 0.3) is 0 Å². The molecule has 2 rings (SSSR count). The lowest BCUT2D eigenvalue weighted by Gasteiger charge is -2.17. The van der Waals surface area contributed by atoms with Crippen LogP contribution in [0.5, 0.6) is 11.5 Å². The van der Waals surface area contributed by atoms with E-state index in [4.69, 9.17) is 0 Å². The van der Waals surface area contributed by atoms with Crippen LogP contribution in [0, 0.1) is 0 Å². The third kappa shape index (κ3) is 2.24. The Morgan fingerprint density at radius 2 is 1.83 bits per heavy atom. The van der Waals surface area contributed by atoms with Crippen LogP contribution in [0.2, 0.25) is 0 Å². The van der Waals surface area contributed by atoms with E-state index >= 15 is 0 Å². The first-order valence-electron chi connectivity index (χ1n) is 5.29. The number of aromatic hydroxyl groups is 2. The third-order valence-electron chi connectivity index (χ3n) is 2.57. The van der Waals surface area contributed by atoms with E-state index < -0.39 is 0 Å². The van der Waals surface area contributed by atoms with Gasteiger partial charge in [-0.25, -0.2) is 0 Å². The number of carbonyl (C=O) groups is 1. The molecule has 1 aromatic heterocycles. The highest BCUT2D eigenvalue weighted by Gasteiger charge is 2.16. The van der Waals surface area contributed by atoms with Gasteiger partial charge in [0, 0.05) is 18.9 Å². The van der Waals surface area contributed by atoms with Crippen molar-refractivity contribution in [1.82, 2.24) is 4.98 Å². The van der Waals surface area contributed by atoms with Gasteiger partial charge in [-0.15, -0.1) is 0 Å². The largest absolute Gasteiger partial charge is 0.508 e. The number of hydrogen-bond acceptors (Lipinski definition) is 4. The zero-order valence-corrected chi connectivity index (χ0v) is 9.74. The maximum Gasteiger partial charge on any atom is 0.261 e. The van der Waals surface area contributed by atoms with Crippen LogP contribution in [0.3, 0.4) is 0 Å². The van der Waals surface area contributed by atoms with Crippen molar-refractivity contribution in [2.24, 2.45) is 0 Å². The highest BCUT2D eigenvalue weighted by Crippen LogP contribution is 2.22. The predicted octanol–water partition coefficient (Wildman–Crippen LogP) is 1.77. The first-order valence-corrected chi connectivity index (χ1v) is 5.29. The molecule has 0 aliphatic carbocycles. The summed E-state index contributed by atoms with van der Waals surface area (Å²) in [5.74, 6) is -0.375. The molecule has 2 N–H and O–H groups in total. The van der Waals surface area contributed by atoms with Crippen molar-refractivity contribution in [1.29, 1.82) is 0 Å². The van der Waals surface area contributed by atoms with Gasteiger partial charge in [-0.2, -0.15) is 0 Å². The summed E-state index contributed by atoms with van der Waals surface area (Å²) in [7, 11) is 1.59. The van der Waals surface area contributed by atoms with Gasteiger partial charge in [-0.3, -0.25) is 9.78 Å². The van der Waals surface area contributed by atoms with E-state index in [1.54, 1.807) is 19.2 Å². The lowest BCUT2D eigenvalue weighted by molar-refractivity contribution is 0.0990. The van der Waals surface area contributed by atoms with Gasteiger partial charge in [0.2, 0.25) is 0 Å². The minimum Gasteiger partial charge on any atom is -0.508 e. The maximum absolute atomic E-state index is 12.1. The number of amides is 1. The van der Waals surface area contributed by atoms with Gasteiger partial charge in [-0.1, -0.05) is 0 Å². The minimum atomic E-state index is -0.347. The number of pyridine rings is 1. The first-order chi connectivity index (χ1) is 8.59. The van der Waals surface area contributed by atoms with Gasteiger partial charge in [-0.05, 0) is 30.3 Å². The molecule has 0 saturated carbocycles. The van der Waals surface area contributed by atoms with E-state index in [-0.39, 0.29) is 23.0 Å². The lowest BCUT2D eigenvalue weighted by Crippen LogP contribution is -2.26. The number of phenolic OH excluding ortho intramolecular Hbond substituents is 1. The van der Waals surface area contributed by atoms with Crippen molar-refractivity contribution in [2.75, 3.05) is 11.9 Å². The van der Waals surface area contributed by atoms with E-state index in [1.807, 2.05) is 0 Å². The van der Waals surface area contributed by atoms with Crippen LogP contribution in [-0.4, -0.2) is 28.2 Å². The summed E-state index contributed by atoms with van der Waals surface area (Å²) in [5, 5.41) is 18.8. The number of phenols is 1. The Morgan fingerprint density at radius 3 is 2.44 bits per heavy atom. The summed E-state index contributed by atoms with van der Waals surface area (Å²) in [6.45, 7) is 0. The zero-order valence-electron chi connectivity index (χ0n) is 9.74. The summed E-state index contributed by atoms with van der Waals surface area (Å²) >= 11 is 0. The van der Waals surface area contributed by atoms with Gasteiger partial charge in [0.05, 0.1) is 11.8 Å². The summed E-state index contributed by atoms with van der Waals surface area (Å²) in [6, 6.07) is 7.67. The van der Waals surface area contributed by atoms with Crippen LogP contribution in [0.15, 0.2) is 42.7 Å². The number of benzene rings is 1. The second kappa shape index (κ2) is 4.75. The SMILES string of the molecule is CN(C(=O)c1ccncc1O)c1ccc(O)cc1. The van der Waals surface area contributed by atoms with Crippen molar-refractivity contribution in [3.63, 3.8) is 0 Å². The summed E-state index contributed by atoms with van der Waals surface area (Å²) in [4.78, 5) is 17.2. The van der Waals surface area contributed by atoms with Crippen molar-refractivity contribution in [3.05, 3.63) is 48.3 Å². The molecule has 0 saturated heterocycles. The summed E-state index contributed by atoms with van der Waals surface area (Å²) in [6.07, 6.45) is 2.66. The molecule has 2 aromatic rings. The fourth-order valence-electron chi connectivity index (χ4n) is 1.54. The van der Waals surface area contributed by atoms with Crippen LogP contribution < -0.4 is 4.90 Å². The zero-order chi connectivity index (χ0) is 13.1. The number of hydrogen-bond donors (Lipinski definition) is 2. The first kappa shape index (κ1) is 11.9. The van der Waals surface area contributed by atoms with Crippen LogP contribution >= 0.6 is 0 Å². The summed E-state index contributed by atoms with van der Waals surface area (Å²) in [5.41, 5.74) is 0.801. The third-order valence-corrected chi connectivity index (χ3v) is 2.57. The van der Waals surface area contributed by atoms with Gasteiger partial charge >= 0.3 is 0 Å². The monoisotopic (exact) mass is 244 g/mol. The highest BCUT2D eigenvalue weighted by molar-refractivity contribution is 6.07. The smallest absolute Gasteiger partial charge is 0.261 e. The van der Waals surface area contributed by atoms with Crippen LogP contribution in [-0.2, 0) is 0 Å². The highest BCUT2D eigenvalue weighted by atomic mass is 16.3. The Bertz CT molecular complexity index is 567. The molecule has 1 aromatic carbocycles. The number of anilines is 1. The Balaban J connectivity index is 2.29. The topological polar surface area (TPSA) is 73.7 Å². The van der Waals surface area contributed by atoms with E-state index in [0.29, 0.717) is 5.69 Å². The fraction of sp³-hybridized carbons (Fsp3) is 0.0769. The van der Waals surface area contributed by atoms with Crippen LogP contribution in [0.4, 0.5) is 5.69 Å². The normalized spacial score (nSPS) is 10.1. The summed E-state index contributed by atoms with van der Waals surface area (Å²) < 4.78 is 0. The Labute approximate surface area is 104 Å². The second-order valence-electron chi connectivity index (χ2n) is 3.77. The lowest BCUT2D eigenvalue weighted by atomic mass is 10.2. The molecule has 18 heavy (non-hydrogen) atoms. The quantitative estimate of drug-likeness (QED) is 0.844. The Morgan fingerprint density at radius 1 is 1.17 bits per heavy atom. The van der Waals surface area contributed by atoms with Gasteiger partial charge in [0.15, 0.2) is 0 Å². The van der Waals surface area contributed by atoms with Gasteiger partial charge < -0.3 is 15.1 Å². The molecular formula is C13H12N2O3.